The molecule has 5 rings (SSSR count). The van der Waals surface area contributed by atoms with Crippen molar-refractivity contribution < 1.29 is 0 Å². The Balaban J connectivity index is 1.75. The van der Waals surface area contributed by atoms with Gasteiger partial charge in [0.2, 0.25) is 4.96 Å². The van der Waals surface area contributed by atoms with Crippen molar-refractivity contribution in [3.8, 4) is 21.8 Å². The largest absolute Gasteiger partial charge is 0.350 e. The van der Waals surface area contributed by atoms with Crippen LogP contribution in [0.25, 0.3) is 37.7 Å². The highest BCUT2D eigenvalue weighted by atomic mass is 32.1. The molecule has 0 bridgehead atoms. The normalized spacial score (nSPS) is 11.6. The molecule has 5 nitrogen and oxygen atoms in total. The molecule has 0 N–H and O–H groups in total. The topological polar surface area (TPSA) is 52.2 Å². The van der Waals surface area contributed by atoms with E-state index in [0.29, 0.717) is 10.7 Å². The molecule has 4 aromatic heterocycles. The predicted molar refractivity (Wildman–Crippen MR) is 102 cm³/mol. The predicted octanol–water partition coefficient (Wildman–Crippen LogP) is 4.04. The molecular formula is C18H12N4OS2. The van der Waals surface area contributed by atoms with Crippen LogP contribution < -0.4 is 5.56 Å². The van der Waals surface area contributed by atoms with E-state index in [1.54, 1.807) is 17.4 Å². The molecule has 0 aliphatic carbocycles. The van der Waals surface area contributed by atoms with Gasteiger partial charge in [-0.3, -0.25) is 4.79 Å². The fourth-order valence-electron chi connectivity index (χ4n) is 2.99. The second kappa shape index (κ2) is 5.37. The average molecular weight is 364 g/mol. The lowest BCUT2D eigenvalue weighted by molar-refractivity contribution is 0.904. The van der Waals surface area contributed by atoms with Crippen molar-refractivity contribution in [2.24, 2.45) is 7.05 Å². The molecule has 0 saturated heterocycles. The first-order chi connectivity index (χ1) is 12.2. The van der Waals surface area contributed by atoms with Gasteiger partial charge in [0.1, 0.15) is 5.01 Å². The first-order valence-electron chi connectivity index (χ1n) is 7.68. The Kier molecular flexibility index (Phi) is 3.13. The van der Waals surface area contributed by atoms with Crippen LogP contribution >= 0.6 is 22.7 Å². The van der Waals surface area contributed by atoms with Gasteiger partial charge in [-0.2, -0.15) is 21.0 Å². The molecule has 5 aromatic rings. The van der Waals surface area contributed by atoms with Crippen LogP contribution in [0.1, 0.15) is 0 Å². The summed E-state index contributed by atoms with van der Waals surface area (Å²) in [4.78, 5) is 17.7. The Morgan fingerprint density at radius 3 is 2.88 bits per heavy atom. The summed E-state index contributed by atoms with van der Waals surface area (Å²) in [5, 5.41) is 10.4. The van der Waals surface area contributed by atoms with Crippen molar-refractivity contribution in [2.75, 3.05) is 0 Å². The smallest absolute Gasteiger partial charge is 0.275 e. The summed E-state index contributed by atoms with van der Waals surface area (Å²) in [5.74, 6) is 0. The standard InChI is InChI=1S/C18H12N4OS2/c1-21-9-13(12-4-2-3-5-15(12)21)17-20-22-16(23)8-14(19-18(22)25-17)11-6-7-24-10-11/h2-10H,1H3. The molecule has 0 atom stereocenters. The Hall–Kier alpha value is -2.77. The summed E-state index contributed by atoms with van der Waals surface area (Å²) >= 11 is 3.02. The van der Waals surface area contributed by atoms with Crippen molar-refractivity contribution in [3.63, 3.8) is 0 Å². The summed E-state index contributed by atoms with van der Waals surface area (Å²) in [5.41, 5.74) is 3.65. The molecule has 0 spiro atoms. The number of aromatic nitrogens is 4. The molecule has 4 heterocycles. The number of thiophene rings is 1. The fraction of sp³-hybridized carbons (Fsp3) is 0.0556. The first kappa shape index (κ1) is 14.6. The minimum atomic E-state index is -0.158. The SMILES string of the molecule is Cn1cc(-c2nn3c(=O)cc(-c4ccsc4)nc3s2)c2ccccc21. The lowest BCUT2D eigenvalue weighted by atomic mass is 10.2. The third-order valence-electron chi connectivity index (χ3n) is 4.19. The number of para-hydroxylation sites is 1. The average Bonchev–Trinajstić information content (AvgIpc) is 3.33. The van der Waals surface area contributed by atoms with Crippen LogP contribution in [0.3, 0.4) is 0 Å². The molecule has 7 heteroatoms. The van der Waals surface area contributed by atoms with Crippen LogP contribution in [-0.2, 0) is 7.05 Å². The number of rotatable bonds is 2. The number of hydrogen-bond donors (Lipinski definition) is 0. The zero-order valence-corrected chi connectivity index (χ0v) is 14.8. The third kappa shape index (κ3) is 2.24. The maximum absolute atomic E-state index is 12.5. The molecule has 0 amide bonds. The van der Waals surface area contributed by atoms with Gasteiger partial charge in [-0.15, -0.1) is 0 Å². The van der Waals surface area contributed by atoms with E-state index in [4.69, 9.17) is 0 Å². The van der Waals surface area contributed by atoms with Crippen molar-refractivity contribution in [1.82, 2.24) is 19.2 Å². The maximum Gasteiger partial charge on any atom is 0.275 e. The fourth-order valence-corrected chi connectivity index (χ4v) is 4.57. The molecule has 0 unspecified atom stereocenters. The van der Waals surface area contributed by atoms with E-state index in [1.165, 1.54) is 15.9 Å². The molecule has 25 heavy (non-hydrogen) atoms. The number of benzene rings is 1. The summed E-state index contributed by atoms with van der Waals surface area (Å²) in [6, 6.07) is 11.7. The van der Waals surface area contributed by atoms with Gasteiger partial charge in [0.05, 0.1) is 5.69 Å². The zero-order valence-electron chi connectivity index (χ0n) is 13.2. The first-order valence-corrected chi connectivity index (χ1v) is 9.44. The van der Waals surface area contributed by atoms with Crippen molar-refractivity contribution in [2.45, 2.75) is 0 Å². The Labute approximate surface area is 150 Å². The molecule has 1 aromatic carbocycles. The van der Waals surface area contributed by atoms with Crippen molar-refractivity contribution >= 4 is 38.5 Å². The highest BCUT2D eigenvalue weighted by Crippen LogP contribution is 2.32. The van der Waals surface area contributed by atoms with Crippen LogP contribution in [0.5, 0.6) is 0 Å². The van der Waals surface area contributed by atoms with Gasteiger partial charge in [-0.25, -0.2) is 4.98 Å². The van der Waals surface area contributed by atoms with E-state index in [9.17, 15) is 4.79 Å². The van der Waals surface area contributed by atoms with Gasteiger partial charge in [-0.05, 0) is 17.5 Å². The van der Waals surface area contributed by atoms with E-state index < -0.39 is 0 Å². The van der Waals surface area contributed by atoms with Gasteiger partial charge in [0.25, 0.3) is 5.56 Å². The minimum absolute atomic E-state index is 0.158. The Morgan fingerprint density at radius 2 is 2.04 bits per heavy atom. The molecular weight excluding hydrogens is 352 g/mol. The number of fused-ring (bicyclic) bond motifs is 2. The van der Waals surface area contributed by atoms with Gasteiger partial charge in [-0.1, -0.05) is 29.5 Å². The van der Waals surface area contributed by atoms with Gasteiger partial charge in [0, 0.05) is 46.7 Å². The highest BCUT2D eigenvalue weighted by Gasteiger charge is 2.15. The van der Waals surface area contributed by atoms with E-state index in [1.807, 2.05) is 42.2 Å². The van der Waals surface area contributed by atoms with Crippen LogP contribution in [0.15, 0.2) is 58.1 Å². The van der Waals surface area contributed by atoms with Gasteiger partial charge in [0.15, 0.2) is 0 Å². The summed E-state index contributed by atoms with van der Waals surface area (Å²) in [6.07, 6.45) is 2.05. The monoisotopic (exact) mass is 364 g/mol. The third-order valence-corrected chi connectivity index (χ3v) is 5.81. The molecule has 122 valence electrons. The Morgan fingerprint density at radius 1 is 1.16 bits per heavy atom. The molecule has 0 radical (unpaired) electrons. The molecule has 0 saturated carbocycles. The van der Waals surface area contributed by atoms with Crippen LogP contribution in [0.2, 0.25) is 0 Å². The van der Waals surface area contributed by atoms with Crippen molar-refractivity contribution in [3.05, 3.63) is 63.7 Å². The van der Waals surface area contributed by atoms with Crippen LogP contribution in [0, 0.1) is 0 Å². The van der Waals surface area contributed by atoms with Crippen LogP contribution in [0.4, 0.5) is 0 Å². The van der Waals surface area contributed by atoms with Crippen molar-refractivity contribution in [1.29, 1.82) is 0 Å². The van der Waals surface area contributed by atoms with E-state index in [-0.39, 0.29) is 5.56 Å². The second-order valence-corrected chi connectivity index (χ2v) is 7.50. The number of aryl methyl sites for hydroxylation is 1. The van der Waals surface area contributed by atoms with Gasteiger partial charge >= 0.3 is 0 Å². The summed E-state index contributed by atoms with van der Waals surface area (Å²) in [7, 11) is 2.01. The summed E-state index contributed by atoms with van der Waals surface area (Å²) < 4.78 is 3.46. The lowest BCUT2D eigenvalue weighted by Crippen LogP contribution is -2.13. The molecule has 0 aliphatic rings. The molecule has 0 fully saturated rings. The molecule has 0 aliphatic heterocycles. The van der Waals surface area contributed by atoms with Gasteiger partial charge < -0.3 is 4.57 Å². The lowest BCUT2D eigenvalue weighted by Gasteiger charge is -1.95. The van der Waals surface area contributed by atoms with E-state index >= 15 is 0 Å². The van der Waals surface area contributed by atoms with E-state index in [0.717, 1.165) is 27.0 Å². The second-order valence-electron chi connectivity index (χ2n) is 5.76. The van der Waals surface area contributed by atoms with E-state index in [2.05, 4.69) is 26.8 Å². The number of hydrogen-bond acceptors (Lipinski definition) is 5. The highest BCUT2D eigenvalue weighted by molar-refractivity contribution is 7.20. The Bertz CT molecular complexity index is 1280. The summed E-state index contributed by atoms with van der Waals surface area (Å²) in [6.45, 7) is 0. The number of nitrogens with zero attached hydrogens (tertiary/aromatic N) is 4. The quantitative estimate of drug-likeness (QED) is 0.475. The maximum atomic E-state index is 12.5. The minimum Gasteiger partial charge on any atom is -0.350 e. The zero-order chi connectivity index (χ0) is 17.0. The van der Waals surface area contributed by atoms with Crippen LogP contribution in [-0.4, -0.2) is 19.2 Å².